The van der Waals surface area contributed by atoms with Gasteiger partial charge in [0.2, 0.25) is 0 Å². The van der Waals surface area contributed by atoms with Crippen LogP contribution in [-0.2, 0) is 6.54 Å². The molecule has 1 aromatic rings. The predicted octanol–water partition coefficient (Wildman–Crippen LogP) is 3.29. The van der Waals surface area contributed by atoms with Gasteiger partial charge in [-0.2, -0.15) is 11.8 Å². The Morgan fingerprint density at radius 2 is 2.39 bits per heavy atom. The normalized spacial score (nSPS) is 19.4. The smallest absolute Gasteiger partial charge is 0.283 e. The first-order chi connectivity index (χ1) is 8.59. The van der Waals surface area contributed by atoms with Crippen molar-refractivity contribution in [1.29, 1.82) is 0 Å². The van der Waals surface area contributed by atoms with E-state index in [0.717, 1.165) is 17.9 Å². The average Bonchev–Trinajstić information content (AvgIpc) is 2.85. The fourth-order valence-electron chi connectivity index (χ4n) is 2.10. The van der Waals surface area contributed by atoms with Gasteiger partial charge < -0.3 is 0 Å². The lowest BCUT2D eigenvalue weighted by molar-refractivity contribution is -0.385. The Hall–Kier alpha value is -0.590. The number of hydrogen-bond donors (Lipinski definition) is 0. The third-order valence-corrected chi connectivity index (χ3v) is 5.26. The van der Waals surface area contributed by atoms with Crippen molar-refractivity contribution in [2.24, 2.45) is 0 Å². The van der Waals surface area contributed by atoms with E-state index in [1.54, 1.807) is 6.07 Å². The molecule has 0 aromatic heterocycles. The maximum Gasteiger partial charge on any atom is 0.283 e. The van der Waals surface area contributed by atoms with Crippen molar-refractivity contribution in [2.45, 2.75) is 19.0 Å². The third-order valence-electron chi connectivity index (χ3n) is 3.20. The summed E-state index contributed by atoms with van der Waals surface area (Å²) in [5.74, 6) is 2.37. The van der Waals surface area contributed by atoms with Crippen molar-refractivity contribution in [2.75, 3.05) is 18.6 Å². The number of nitro groups is 1. The Balaban J connectivity index is 2.13. The standard InChI is InChI=1S/C12H15BrN2O2S/c1-14(10-5-6-18-8-10)7-9-3-2-4-11(12(9)13)15(16)17/h2-4,10H,5-8H2,1H3. The molecule has 0 N–H and O–H groups in total. The number of nitrogens with zero attached hydrogens (tertiary/aromatic N) is 2. The molecule has 0 radical (unpaired) electrons. The van der Waals surface area contributed by atoms with Crippen LogP contribution in [-0.4, -0.2) is 34.4 Å². The van der Waals surface area contributed by atoms with Gasteiger partial charge in [0.1, 0.15) is 0 Å². The fraction of sp³-hybridized carbons (Fsp3) is 0.500. The van der Waals surface area contributed by atoms with E-state index in [4.69, 9.17) is 0 Å². The summed E-state index contributed by atoms with van der Waals surface area (Å²) in [5.41, 5.74) is 1.12. The molecule has 18 heavy (non-hydrogen) atoms. The molecule has 1 heterocycles. The van der Waals surface area contributed by atoms with E-state index < -0.39 is 0 Å². The second-order valence-corrected chi connectivity index (χ2v) is 6.38. The number of thioether (sulfide) groups is 1. The highest BCUT2D eigenvalue weighted by molar-refractivity contribution is 9.10. The minimum Gasteiger partial charge on any atom is -0.298 e. The Morgan fingerprint density at radius 1 is 1.61 bits per heavy atom. The molecule has 1 aliphatic rings. The first kappa shape index (κ1) is 13.8. The van der Waals surface area contributed by atoms with E-state index in [9.17, 15) is 10.1 Å². The van der Waals surface area contributed by atoms with E-state index in [1.807, 2.05) is 17.8 Å². The van der Waals surface area contributed by atoms with Crippen molar-refractivity contribution >= 4 is 33.4 Å². The molecule has 1 unspecified atom stereocenters. The average molecular weight is 331 g/mol. The maximum atomic E-state index is 10.9. The monoisotopic (exact) mass is 330 g/mol. The zero-order valence-electron chi connectivity index (χ0n) is 10.1. The van der Waals surface area contributed by atoms with Crippen LogP contribution in [0.3, 0.4) is 0 Å². The zero-order chi connectivity index (χ0) is 13.1. The molecule has 1 atom stereocenters. The van der Waals surface area contributed by atoms with Crippen LogP contribution >= 0.6 is 27.7 Å². The van der Waals surface area contributed by atoms with Gasteiger partial charge in [-0.25, -0.2) is 0 Å². The van der Waals surface area contributed by atoms with Crippen LogP contribution in [0, 0.1) is 10.1 Å². The van der Waals surface area contributed by atoms with Gasteiger partial charge >= 0.3 is 0 Å². The van der Waals surface area contributed by atoms with Gasteiger partial charge in [0.05, 0.1) is 9.40 Å². The lowest BCUT2D eigenvalue weighted by atomic mass is 10.1. The van der Waals surface area contributed by atoms with Gasteiger partial charge in [0, 0.05) is 24.4 Å². The molecule has 0 amide bonds. The van der Waals surface area contributed by atoms with E-state index in [0.29, 0.717) is 10.5 Å². The summed E-state index contributed by atoms with van der Waals surface area (Å²) in [6, 6.07) is 5.80. The lowest BCUT2D eigenvalue weighted by Gasteiger charge is -2.23. The second kappa shape index (κ2) is 6.04. The summed E-state index contributed by atoms with van der Waals surface area (Å²) in [6.07, 6.45) is 1.20. The molecule has 98 valence electrons. The van der Waals surface area contributed by atoms with Crippen molar-refractivity contribution in [1.82, 2.24) is 4.90 Å². The molecule has 2 rings (SSSR count). The van der Waals surface area contributed by atoms with Gasteiger partial charge in [-0.1, -0.05) is 12.1 Å². The molecule has 1 aromatic carbocycles. The number of halogens is 1. The highest BCUT2D eigenvalue weighted by Crippen LogP contribution is 2.30. The van der Waals surface area contributed by atoms with Crippen molar-refractivity contribution in [3.8, 4) is 0 Å². The highest BCUT2D eigenvalue weighted by Gasteiger charge is 2.22. The summed E-state index contributed by atoms with van der Waals surface area (Å²) in [5, 5.41) is 10.9. The molecule has 0 bridgehead atoms. The van der Waals surface area contributed by atoms with Gasteiger partial charge in [-0.15, -0.1) is 0 Å². The molecule has 0 aliphatic carbocycles. The Morgan fingerprint density at radius 3 is 3.00 bits per heavy atom. The van der Waals surface area contributed by atoms with E-state index >= 15 is 0 Å². The van der Waals surface area contributed by atoms with E-state index in [2.05, 4.69) is 27.9 Å². The van der Waals surface area contributed by atoms with Gasteiger partial charge in [0.15, 0.2) is 0 Å². The number of benzene rings is 1. The quantitative estimate of drug-likeness (QED) is 0.627. The first-order valence-electron chi connectivity index (χ1n) is 5.79. The summed E-state index contributed by atoms with van der Waals surface area (Å²) in [6.45, 7) is 0.744. The van der Waals surface area contributed by atoms with E-state index in [1.165, 1.54) is 18.2 Å². The Labute approximate surface area is 119 Å². The predicted molar refractivity (Wildman–Crippen MR) is 78.0 cm³/mol. The second-order valence-electron chi connectivity index (χ2n) is 4.44. The molecule has 6 heteroatoms. The fourth-order valence-corrected chi connectivity index (χ4v) is 3.93. The van der Waals surface area contributed by atoms with E-state index in [-0.39, 0.29) is 10.6 Å². The molecule has 1 fully saturated rings. The topological polar surface area (TPSA) is 46.4 Å². The molecular weight excluding hydrogens is 316 g/mol. The largest absolute Gasteiger partial charge is 0.298 e. The van der Waals surface area contributed by atoms with Crippen molar-refractivity contribution in [3.05, 3.63) is 38.3 Å². The summed E-state index contributed by atoms with van der Waals surface area (Å²) >= 11 is 5.32. The van der Waals surface area contributed by atoms with Crippen LogP contribution in [0.25, 0.3) is 0 Å². The van der Waals surface area contributed by atoms with Crippen LogP contribution in [0.1, 0.15) is 12.0 Å². The summed E-state index contributed by atoms with van der Waals surface area (Å²) in [7, 11) is 2.09. The molecule has 0 saturated carbocycles. The number of hydrogen-bond acceptors (Lipinski definition) is 4. The zero-order valence-corrected chi connectivity index (χ0v) is 12.5. The number of nitro benzene ring substituents is 1. The minimum atomic E-state index is -0.348. The minimum absolute atomic E-state index is 0.140. The first-order valence-corrected chi connectivity index (χ1v) is 7.74. The Bertz CT molecular complexity index is 450. The lowest BCUT2D eigenvalue weighted by Crippen LogP contribution is -2.31. The van der Waals surface area contributed by atoms with Crippen LogP contribution in [0.2, 0.25) is 0 Å². The molecule has 1 aliphatic heterocycles. The Kier molecular flexibility index (Phi) is 4.64. The van der Waals surface area contributed by atoms with Crippen LogP contribution in [0.4, 0.5) is 5.69 Å². The van der Waals surface area contributed by atoms with Gasteiger partial charge in [0.25, 0.3) is 5.69 Å². The van der Waals surface area contributed by atoms with Crippen molar-refractivity contribution < 1.29 is 4.92 Å². The van der Waals surface area contributed by atoms with Crippen LogP contribution in [0.15, 0.2) is 22.7 Å². The van der Waals surface area contributed by atoms with Gasteiger partial charge in [-0.05, 0) is 40.7 Å². The molecule has 4 nitrogen and oxygen atoms in total. The summed E-state index contributed by atoms with van der Waals surface area (Å²) in [4.78, 5) is 12.8. The van der Waals surface area contributed by atoms with Gasteiger partial charge in [-0.3, -0.25) is 15.0 Å². The molecule has 0 spiro atoms. The SMILES string of the molecule is CN(Cc1cccc([N+](=O)[O-])c1Br)C1CCSC1. The van der Waals surface area contributed by atoms with Crippen LogP contribution < -0.4 is 0 Å². The molecular formula is C12H15BrN2O2S. The van der Waals surface area contributed by atoms with Crippen molar-refractivity contribution in [3.63, 3.8) is 0 Å². The highest BCUT2D eigenvalue weighted by atomic mass is 79.9. The molecule has 1 saturated heterocycles. The number of rotatable bonds is 4. The van der Waals surface area contributed by atoms with Crippen LogP contribution in [0.5, 0.6) is 0 Å². The maximum absolute atomic E-state index is 10.9. The third kappa shape index (κ3) is 3.05. The summed E-state index contributed by atoms with van der Waals surface area (Å²) < 4.78 is 0.604.